The first-order valence-electron chi connectivity index (χ1n) is 12.9. The number of rotatable bonds is 6. The minimum absolute atomic E-state index is 0.0669. The molecule has 3 aromatic rings. The molecule has 1 amide bonds. The van der Waals surface area contributed by atoms with Crippen LogP contribution in [0.2, 0.25) is 0 Å². The molecule has 1 aromatic carbocycles. The summed E-state index contributed by atoms with van der Waals surface area (Å²) in [5.74, 6) is 1.06. The van der Waals surface area contributed by atoms with E-state index in [9.17, 15) is 18.8 Å². The third kappa shape index (κ3) is 5.50. The molecular formula is C27H32FN5O3S. The summed E-state index contributed by atoms with van der Waals surface area (Å²) in [5.41, 5.74) is 6.54. The number of amides is 1. The van der Waals surface area contributed by atoms with Gasteiger partial charge in [-0.15, -0.1) is 0 Å². The largest absolute Gasteiger partial charge is 0.352 e. The van der Waals surface area contributed by atoms with Gasteiger partial charge in [0.05, 0.1) is 17.6 Å². The third-order valence-corrected chi connectivity index (χ3v) is 8.57. The highest BCUT2D eigenvalue weighted by molar-refractivity contribution is 7.99. The fourth-order valence-corrected chi connectivity index (χ4v) is 6.63. The van der Waals surface area contributed by atoms with Crippen molar-refractivity contribution in [2.24, 2.45) is 5.73 Å². The maximum Gasteiger partial charge on any atom is 0.333 e. The number of carbonyl (C=O) groups is 1. The molecule has 196 valence electrons. The molecule has 10 heteroatoms. The van der Waals surface area contributed by atoms with E-state index in [-0.39, 0.29) is 40.8 Å². The van der Waals surface area contributed by atoms with Crippen LogP contribution in [0.3, 0.4) is 0 Å². The second kappa shape index (κ2) is 11.2. The first-order valence-corrected chi connectivity index (χ1v) is 14.1. The normalized spacial score (nSPS) is 21.6. The summed E-state index contributed by atoms with van der Waals surface area (Å²) in [6.07, 6.45) is 5.50. The molecule has 3 heterocycles. The number of thioether (sulfide) groups is 1. The van der Waals surface area contributed by atoms with Gasteiger partial charge in [-0.05, 0) is 68.1 Å². The Morgan fingerprint density at radius 2 is 1.73 bits per heavy atom. The Kier molecular flexibility index (Phi) is 7.76. The molecular weight excluding hydrogens is 493 g/mol. The Morgan fingerprint density at radius 3 is 2.43 bits per heavy atom. The van der Waals surface area contributed by atoms with Crippen LogP contribution in [0.5, 0.6) is 0 Å². The number of benzene rings is 1. The molecule has 1 aliphatic heterocycles. The van der Waals surface area contributed by atoms with Crippen LogP contribution in [0.1, 0.15) is 56.2 Å². The number of fused-ring (bicyclic) bond motifs is 1. The van der Waals surface area contributed by atoms with E-state index in [2.05, 4.69) is 10.3 Å². The molecule has 5 rings (SSSR count). The molecule has 0 unspecified atom stereocenters. The maximum atomic E-state index is 14.1. The molecule has 0 bridgehead atoms. The molecule has 1 saturated carbocycles. The van der Waals surface area contributed by atoms with Crippen molar-refractivity contribution in [2.75, 3.05) is 11.5 Å². The predicted octanol–water partition coefficient (Wildman–Crippen LogP) is 2.94. The summed E-state index contributed by atoms with van der Waals surface area (Å²) < 4.78 is 17.0. The zero-order chi connectivity index (χ0) is 25.9. The van der Waals surface area contributed by atoms with Crippen LogP contribution in [0.4, 0.5) is 4.39 Å². The SMILES string of the molecule is N[C@@H](Cc1ccccc1)C(=O)NC1CCC(n2c(=O)c3cc(F)cnc3n(C3CCSCC3)c2=O)CC1. The van der Waals surface area contributed by atoms with Gasteiger partial charge in [0.2, 0.25) is 5.91 Å². The Labute approximate surface area is 218 Å². The van der Waals surface area contributed by atoms with Gasteiger partial charge in [-0.3, -0.25) is 18.7 Å². The summed E-state index contributed by atoms with van der Waals surface area (Å²) in [4.78, 5) is 44.0. The van der Waals surface area contributed by atoms with Crippen molar-refractivity contribution in [1.29, 1.82) is 0 Å². The van der Waals surface area contributed by atoms with Crippen molar-refractivity contribution in [3.8, 4) is 0 Å². The van der Waals surface area contributed by atoms with Crippen LogP contribution in [-0.4, -0.2) is 43.6 Å². The fourth-order valence-electron chi connectivity index (χ4n) is 5.55. The second-order valence-corrected chi connectivity index (χ2v) is 11.2. The lowest BCUT2D eigenvalue weighted by molar-refractivity contribution is -0.123. The van der Waals surface area contributed by atoms with Gasteiger partial charge in [-0.2, -0.15) is 11.8 Å². The first-order chi connectivity index (χ1) is 17.9. The van der Waals surface area contributed by atoms with E-state index in [0.29, 0.717) is 32.1 Å². The quantitative estimate of drug-likeness (QED) is 0.512. The number of pyridine rings is 1. The molecule has 0 radical (unpaired) electrons. The zero-order valence-corrected chi connectivity index (χ0v) is 21.5. The molecule has 1 aliphatic carbocycles. The number of hydrogen-bond donors (Lipinski definition) is 2. The number of nitrogens with zero attached hydrogens (tertiary/aromatic N) is 3. The number of aromatic nitrogens is 3. The molecule has 2 fully saturated rings. The van der Waals surface area contributed by atoms with Gasteiger partial charge in [0.1, 0.15) is 11.5 Å². The number of carbonyl (C=O) groups excluding carboxylic acids is 1. The van der Waals surface area contributed by atoms with E-state index in [1.165, 1.54) is 10.6 Å². The van der Waals surface area contributed by atoms with Gasteiger partial charge in [-0.25, -0.2) is 14.2 Å². The summed E-state index contributed by atoms with van der Waals surface area (Å²) >= 11 is 1.84. The lowest BCUT2D eigenvalue weighted by atomic mass is 9.90. The minimum Gasteiger partial charge on any atom is -0.352 e. The number of nitrogens with one attached hydrogen (secondary N) is 1. The molecule has 2 aromatic heterocycles. The van der Waals surface area contributed by atoms with Crippen LogP contribution >= 0.6 is 11.8 Å². The summed E-state index contributed by atoms with van der Waals surface area (Å²) in [6, 6.07) is 9.73. The van der Waals surface area contributed by atoms with Crippen molar-refractivity contribution >= 4 is 28.7 Å². The molecule has 8 nitrogen and oxygen atoms in total. The lowest BCUT2D eigenvalue weighted by Crippen LogP contribution is -2.49. The van der Waals surface area contributed by atoms with Gasteiger partial charge in [0.15, 0.2) is 0 Å². The molecule has 1 saturated heterocycles. The number of hydrogen-bond acceptors (Lipinski definition) is 6. The topological polar surface area (TPSA) is 112 Å². The van der Waals surface area contributed by atoms with Crippen molar-refractivity contribution in [3.05, 3.63) is 74.8 Å². The summed E-state index contributed by atoms with van der Waals surface area (Å²) in [6.45, 7) is 0. The molecule has 37 heavy (non-hydrogen) atoms. The van der Waals surface area contributed by atoms with Crippen LogP contribution in [-0.2, 0) is 11.2 Å². The van der Waals surface area contributed by atoms with Crippen molar-refractivity contribution in [1.82, 2.24) is 19.4 Å². The van der Waals surface area contributed by atoms with Crippen molar-refractivity contribution in [3.63, 3.8) is 0 Å². The molecule has 0 spiro atoms. The monoisotopic (exact) mass is 525 g/mol. The first kappa shape index (κ1) is 25.7. The van der Waals surface area contributed by atoms with E-state index in [1.54, 1.807) is 4.57 Å². The second-order valence-electron chi connectivity index (χ2n) is 10.0. The van der Waals surface area contributed by atoms with Gasteiger partial charge in [0.25, 0.3) is 5.56 Å². The van der Waals surface area contributed by atoms with E-state index >= 15 is 0 Å². The molecule has 1 atom stereocenters. The van der Waals surface area contributed by atoms with Gasteiger partial charge in [0, 0.05) is 18.1 Å². The van der Waals surface area contributed by atoms with E-state index in [1.807, 2.05) is 42.1 Å². The minimum atomic E-state index is -0.647. The highest BCUT2D eigenvalue weighted by Crippen LogP contribution is 2.30. The van der Waals surface area contributed by atoms with Crippen molar-refractivity contribution < 1.29 is 9.18 Å². The maximum absolute atomic E-state index is 14.1. The van der Waals surface area contributed by atoms with Gasteiger partial charge < -0.3 is 11.1 Å². The standard InChI is InChI=1S/C27H32FN5O3S/c28-18-15-22-24(30-16-18)32(21-10-12-37-13-11-21)27(36)33(26(22)35)20-8-6-19(7-9-20)31-25(34)23(29)14-17-4-2-1-3-5-17/h1-5,15-16,19-21,23H,6-14,29H2,(H,31,34)/t19?,20?,23-/m0/s1. The molecule has 2 aliphatic rings. The fraction of sp³-hybridized carbons (Fsp3) is 0.481. The lowest BCUT2D eigenvalue weighted by Gasteiger charge is -2.32. The number of nitrogens with two attached hydrogens (primary N) is 1. The highest BCUT2D eigenvalue weighted by Gasteiger charge is 2.30. The summed E-state index contributed by atoms with van der Waals surface area (Å²) in [7, 11) is 0. The van der Waals surface area contributed by atoms with E-state index in [0.717, 1.165) is 36.1 Å². The van der Waals surface area contributed by atoms with Crippen LogP contribution in [0, 0.1) is 5.82 Å². The van der Waals surface area contributed by atoms with Crippen LogP contribution < -0.4 is 22.3 Å². The third-order valence-electron chi connectivity index (χ3n) is 7.52. The smallest absolute Gasteiger partial charge is 0.333 e. The Balaban J connectivity index is 1.34. The van der Waals surface area contributed by atoms with Crippen molar-refractivity contribution in [2.45, 2.75) is 69.1 Å². The van der Waals surface area contributed by atoms with Gasteiger partial charge in [-0.1, -0.05) is 30.3 Å². The van der Waals surface area contributed by atoms with Gasteiger partial charge >= 0.3 is 5.69 Å². The molecule has 3 N–H and O–H groups in total. The Morgan fingerprint density at radius 1 is 1.05 bits per heavy atom. The van der Waals surface area contributed by atoms with E-state index in [4.69, 9.17) is 5.73 Å². The number of halogens is 1. The average Bonchev–Trinajstić information content (AvgIpc) is 2.91. The van der Waals surface area contributed by atoms with E-state index < -0.39 is 17.4 Å². The van der Waals surface area contributed by atoms with Crippen LogP contribution in [0.25, 0.3) is 11.0 Å². The predicted molar refractivity (Wildman–Crippen MR) is 143 cm³/mol. The van der Waals surface area contributed by atoms with Crippen LogP contribution in [0.15, 0.2) is 52.2 Å². The highest BCUT2D eigenvalue weighted by atomic mass is 32.2. The zero-order valence-electron chi connectivity index (χ0n) is 20.6. The Bertz CT molecular complexity index is 1380. The Hall–Kier alpha value is -2.98. The average molecular weight is 526 g/mol. The summed E-state index contributed by atoms with van der Waals surface area (Å²) in [5, 5.41) is 3.18.